The van der Waals surface area contributed by atoms with E-state index in [-0.39, 0.29) is 11.8 Å². The summed E-state index contributed by atoms with van der Waals surface area (Å²) in [5, 5.41) is 19.1. The van der Waals surface area contributed by atoms with Crippen LogP contribution in [0.1, 0.15) is 22.5 Å². The third-order valence-electron chi connectivity index (χ3n) is 2.66. The van der Waals surface area contributed by atoms with Gasteiger partial charge in [0.15, 0.2) is 0 Å². The van der Waals surface area contributed by atoms with E-state index in [0.29, 0.717) is 43.0 Å². The number of halogens is 5. The number of nitrogens with zero attached hydrogens (tertiary/aromatic N) is 4. The summed E-state index contributed by atoms with van der Waals surface area (Å²) in [7, 11) is 1.51. The summed E-state index contributed by atoms with van der Waals surface area (Å²) in [5.74, 6) is 0. The first-order valence-corrected chi connectivity index (χ1v) is 9.06. The molecule has 0 spiro atoms. The van der Waals surface area contributed by atoms with Crippen molar-refractivity contribution >= 4 is 62.3 Å². The summed E-state index contributed by atoms with van der Waals surface area (Å²) in [6, 6.07) is 6.79. The first-order valence-electron chi connectivity index (χ1n) is 6.42. The first-order chi connectivity index (χ1) is 11.9. The summed E-state index contributed by atoms with van der Waals surface area (Å²) in [6.07, 6.45) is 0. The highest BCUT2D eigenvalue weighted by atomic mass is 79.9. The number of pyridine rings is 2. The molecule has 0 saturated heterocycles. The van der Waals surface area contributed by atoms with Crippen molar-refractivity contribution in [1.82, 2.24) is 9.97 Å². The van der Waals surface area contributed by atoms with Gasteiger partial charge in [-0.3, -0.25) is 0 Å². The van der Waals surface area contributed by atoms with Crippen LogP contribution in [0.3, 0.4) is 0 Å². The Labute approximate surface area is 173 Å². The summed E-state index contributed by atoms with van der Waals surface area (Å²) in [6.45, 7) is 0.225. The highest BCUT2D eigenvalue weighted by molar-refractivity contribution is 9.08. The predicted molar refractivity (Wildman–Crippen MR) is 101 cm³/mol. The van der Waals surface area contributed by atoms with Gasteiger partial charge < -0.3 is 4.74 Å². The molecule has 130 valence electrons. The van der Waals surface area contributed by atoms with Crippen molar-refractivity contribution in [3.8, 4) is 12.1 Å². The number of methoxy groups -OCH3 is 1. The van der Waals surface area contributed by atoms with Crippen molar-refractivity contribution in [2.24, 2.45) is 0 Å². The molecule has 0 aliphatic heterocycles. The molecule has 0 radical (unpaired) electrons. The normalized spacial score (nSPS) is 9.60. The fourth-order valence-electron chi connectivity index (χ4n) is 1.64. The Kier molecular flexibility index (Phi) is 9.45. The largest absolute Gasteiger partial charge is 0.378 e. The topological polar surface area (TPSA) is 82.6 Å². The van der Waals surface area contributed by atoms with Crippen molar-refractivity contribution < 1.29 is 4.74 Å². The molecule has 0 aliphatic rings. The fourth-order valence-corrected chi connectivity index (χ4v) is 3.09. The van der Waals surface area contributed by atoms with Crippen LogP contribution in [-0.2, 0) is 16.7 Å². The zero-order valence-corrected chi connectivity index (χ0v) is 17.3. The predicted octanol–water partition coefficient (Wildman–Crippen LogP) is 5.56. The molecule has 0 bridgehead atoms. The van der Waals surface area contributed by atoms with E-state index < -0.39 is 0 Å². The van der Waals surface area contributed by atoms with Crippen LogP contribution in [0.5, 0.6) is 0 Å². The number of alkyl halides is 1. The van der Waals surface area contributed by atoms with Crippen LogP contribution in [0, 0.1) is 22.7 Å². The highest BCUT2D eigenvalue weighted by Gasteiger charge is 2.10. The number of hydrogen-bond acceptors (Lipinski definition) is 5. The van der Waals surface area contributed by atoms with E-state index in [9.17, 15) is 0 Å². The Morgan fingerprint density at radius 1 is 0.960 bits per heavy atom. The first kappa shape index (κ1) is 21.9. The van der Waals surface area contributed by atoms with E-state index in [4.69, 9.17) is 61.7 Å². The second-order valence-corrected chi connectivity index (χ2v) is 6.44. The van der Waals surface area contributed by atoms with Crippen LogP contribution in [0.2, 0.25) is 20.4 Å². The molecule has 0 aliphatic carbocycles. The van der Waals surface area contributed by atoms with E-state index in [0.717, 1.165) is 0 Å². The summed E-state index contributed by atoms with van der Waals surface area (Å²) >= 11 is 26.0. The number of aromatic nitrogens is 2. The quantitative estimate of drug-likeness (QED) is 0.422. The average Bonchev–Trinajstić information content (AvgIpc) is 2.54. The van der Waals surface area contributed by atoms with Crippen molar-refractivity contribution in [3.05, 3.63) is 55.0 Å². The monoisotopic (exact) mass is 480 g/mol. The third kappa shape index (κ3) is 6.27. The van der Waals surface area contributed by atoms with Gasteiger partial charge in [0, 0.05) is 12.4 Å². The van der Waals surface area contributed by atoms with Crippen molar-refractivity contribution in [1.29, 1.82) is 10.5 Å². The lowest BCUT2D eigenvalue weighted by Crippen LogP contribution is -1.97. The summed E-state index contributed by atoms with van der Waals surface area (Å²) in [5.41, 5.74) is 1.71. The fraction of sp³-hybridized carbons (Fsp3) is 0.200. The van der Waals surface area contributed by atoms with E-state index in [1.807, 2.05) is 12.1 Å². The Morgan fingerprint density at radius 3 is 1.80 bits per heavy atom. The average molecular weight is 483 g/mol. The van der Waals surface area contributed by atoms with E-state index in [2.05, 4.69) is 25.9 Å². The van der Waals surface area contributed by atoms with E-state index in [1.165, 1.54) is 19.2 Å². The zero-order chi connectivity index (χ0) is 19.0. The van der Waals surface area contributed by atoms with Gasteiger partial charge in [-0.25, -0.2) is 9.97 Å². The molecule has 2 aromatic rings. The molecule has 10 heteroatoms. The van der Waals surface area contributed by atoms with Gasteiger partial charge in [0.05, 0.1) is 39.2 Å². The number of rotatable bonds is 3. The molecule has 0 amide bonds. The second kappa shape index (κ2) is 10.8. The van der Waals surface area contributed by atoms with Crippen molar-refractivity contribution in [2.45, 2.75) is 11.9 Å². The summed E-state index contributed by atoms with van der Waals surface area (Å²) < 4.78 is 4.85. The van der Waals surface area contributed by atoms with Gasteiger partial charge in [0.1, 0.15) is 22.4 Å². The van der Waals surface area contributed by atoms with Gasteiger partial charge in [-0.05, 0) is 12.1 Å². The molecule has 0 saturated carbocycles. The molecular formula is C15H9BrCl4N4O. The lowest BCUT2D eigenvalue weighted by atomic mass is 10.2. The van der Waals surface area contributed by atoms with Crippen LogP contribution in [0.25, 0.3) is 0 Å². The minimum atomic E-state index is 0.225. The standard InChI is InChI=1S/C8H6Cl2N2O.C7H3BrCl2N2/c1-13-4-7-5(3-11)6(9)2-8(10)12-7;8-2-6-4(3-11)5(9)1-7(10)12-6/h2H,4H2,1H3;1H,2H2. The molecule has 25 heavy (non-hydrogen) atoms. The van der Waals surface area contributed by atoms with Crippen molar-refractivity contribution in [3.63, 3.8) is 0 Å². The Bertz CT molecular complexity index is 849. The molecule has 0 unspecified atom stereocenters. The molecule has 5 nitrogen and oxygen atoms in total. The lowest BCUT2D eigenvalue weighted by molar-refractivity contribution is 0.181. The highest BCUT2D eigenvalue weighted by Crippen LogP contribution is 2.23. The maximum atomic E-state index is 8.74. The number of hydrogen-bond donors (Lipinski definition) is 0. The van der Waals surface area contributed by atoms with Crippen LogP contribution in [-0.4, -0.2) is 17.1 Å². The molecule has 0 aromatic carbocycles. The van der Waals surface area contributed by atoms with Gasteiger partial charge in [-0.1, -0.05) is 62.3 Å². The van der Waals surface area contributed by atoms with Gasteiger partial charge in [0.25, 0.3) is 0 Å². The van der Waals surface area contributed by atoms with Crippen LogP contribution < -0.4 is 0 Å². The maximum absolute atomic E-state index is 8.74. The minimum Gasteiger partial charge on any atom is -0.378 e. The van der Waals surface area contributed by atoms with Crippen LogP contribution >= 0.6 is 62.3 Å². The molecule has 2 rings (SSSR count). The van der Waals surface area contributed by atoms with E-state index >= 15 is 0 Å². The van der Waals surface area contributed by atoms with Gasteiger partial charge in [-0.2, -0.15) is 10.5 Å². The molecular weight excluding hydrogens is 474 g/mol. The van der Waals surface area contributed by atoms with Crippen LogP contribution in [0.4, 0.5) is 0 Å². The minimum absolute atomic E-state index is 0.225. The molecule has 0 fully saturated rings. The molecule has 2 heterocycles. The Morgan fingerprint density at radius 2 is 1.40 bits per heavy atom. The lowest BCUT2D eigenvalue weighted by Gasteiger charge is -2.03. The number of nitriles is 2. The Balaban J connectivity index is 0.000000251. The smallest absolute Gasteiger partial charge is 0.131 e. The van der Waals surface area contributed by atoms with Gasteiger partial charge >= 0.3 is 0 Å². The number of ether oxygens (including phenoxy) is 1. The molecule has 0 N–H and O–H groups in total. The third-order valence-corrected chi connectivity index (χ3v) is 4.18. The summed E-state index contributed by atoms with van der Waals surface area (Å²) in [4.78, 5) is 7.86. The van der Waals surface area contributed by atoms with Gasteiger partial charge in [0.2, 0.25) is 0 Å². The van der Waals surface area contributed by atoms with Gasteiger partial charge in [-0.15, -0.1) is 0 Å². The molecule has 0 atom stereocenters. The second-order valence-electron chi connectivity index (χ2n) is 4.29. The van der Waals surface area contributed by atoms with Crippen molar-refractivity contribution in [2.75, 3.05) is 7.11 Å². The SMILES string of the molecule is COCc1nc(Cl)cc(Cl)c1C#N.N#Cc1c(Cl)cc(Cl)nc1CBr. The maximum Gasteiger partial charge on any atom is 0.131 e. The van der Waals surface area contributed by atoms with E-state index in [1.54, 1.807) is 0 Å². The Hall–Kier alpha value is -1.12. The zero-order valence-electron chi connectivity index (χ0n) is 12.7. The molecule has 2 aromatic heterocycles. The van der Waals surface area contributed by atoms with Crippen LogP contribution in [0.15, 0.2) is 12.1 Å².